The van der Waals surface area contributed by atoms with Gasteiger partial charge in [-0.25, -0.2) is 13.1 Å². The molecule has 0 radical (unpaired) electrons. The van der Waals surface area contributed by atoms with Gasteiger partial charge in [-0.3, -0.25) is 0 Å². The van der Waals surface area contributed by atoms with Gasteiger partial charge < -0.3 is 4.90 Å². The summed E-state index contributed by atoms with van der Waals surface area (Å²) in [6.45, 7) is 2.77. The van der Waals surface area contributed by atoms with Gasteiger partial charge in [-0.1, -0.05) is 42.6 Å². The van der Waals surface area contributed by atoms with Crippen LogP contribution in [0.1, 0.15) is 44.1 Å². The number of hydrogen-bond donors (Lipinski definition) is 1. The summed E-state index contributed by atoms with van der Waals surface area (Å²) < 4.78 is 27.4. The second kappa shape index (κ2) is 8.17. The topological polar surface area (TPSA) is 49.4 Å². The molecule has 1 aromatic rings. The standard InChI is InChI=1S/C18H27ClN2O2S/c19-18-8-4-1-5-16(18)14-24(22,23)20-13-15-9-11-21(12-10-15)17-6-2-3-7-17/h1,4-5,8,15,17,20H,2-3,6-7,9-14H2. The zero-order valence-corrected chi connectivity index (χ0v) is 15.7. The van der Waals surface area contributed by atoms with Crippen LogP contribution in [-0.4, -0.2) is 39.0 Å². The third-order valence-corrected chi connectivity index (χ3v) is 7.05. The Balaban J connectivity index is 1.45. The minimum absolute atomic E-state index is 0.0480. The van der Waals surface area contributed by atoms with Gasteiger partial charge in [0.05, 0.1) is 5.75 Å². The Morgan fingerprint density at radius 3 is 2.42 bits per heavy atom. The summed E-state index contributed by atoms with van der Waals surface area (Å²) in [6.07, 6.45) is 7.60. The number of piperidine rings is 1. The fourth-order valence-corrected chi connectivity index (χ4v) is 5.44. The van der Waals surface area contributed by atoms with Gasteiger partial charge in [-0.05, 0) is 56.3 Å². The van der Waals surface area contributed by atoms with Crippen molar-refractivity contribution in [1.29, 1.82) is 0 Å². The Morgan fingerprint density at radius 2 is 1.75 bits per heavy atom. The second-order valence-corrected chi connectivity index (χ2v) is 9.33. The predicted molar refractivity (Wildman–Crippen MR) is 98.6 cm³/mol. The Labute approximate surface area is 150 Å². The predicted octanol–water partition coefficient (Wildman–Crippen LogP) is 3.41. The summed E-state index contributed by atoms with van der Waals surface area (Å²) in [7, 11) is -3.33. The fourth-order valence-electron chi connectivity index (χ4n) is 3.91. The van der Waals surface area contributed by atoms with E-state index >= 15 is 0 Å². The molecule has 3 rings (SSSR count). The van der Waals surface area contributed by atoms with E-state index in [-0.39, 0.29) is 5.75 Å². The van der Waals surface area contributed by atoms with Crippen molar-refractivity contribution in [2.45, 2.75) is 50.3 Å². The molecule has 0 spiro atoms. The maximum absolute atomic E-state index is 12.3. The maximum Gasteiger partial charge on any atom is 0.215 e. The van der Waals surface area contributed by atoms with E-state index in [9.17, 15) is 8.42 Å². The summed E-state index contributed by atoms with van der Waals surface area (Å²) in [5, 5.41) is 0.507. The van der Waals surface area contributed by atoms with E-state index in [4.69, 9.17) is 11.6 Å². The Bertz CT molecular complexity index is 636. The molecule has 6 heteroatoms. The lowest BCUT2D eigenvalue weighted by Gasteiger charge is -2.36. The summed E-state index contributed by atoms with van der Waals surface area (Å²) in [5.74, 6) is 0.400. The van der Waals surface area contributed by atoms with Crippen LogP contribution in [0.25, 0.3) is 0 Å². The Kier molecular flexibility index (Phi) is 6.19. The zero-order valence-electron chi connectivity index (χ0n) is 14.1. The van der Waals surface area contributed by atoms with Gasteiger partial charge in [0, 0.05) is 17.6 Å². The highest BCUT2D eigenvalue weighted by Crippen LogP contribution is 2.27. The molecule has 24 heavy (non-hydrogen) atoms. The van der Waals surface area contributed by atoms with Crippen molar-refractivity contribution in [2.75, 3.05) is 19.6 Å². The van der Waals surface area contributed by atoms with Crippen molar-refractivity contribution >= 4 is 21.6 Å². The first kappa shape index (κ1) is 18.2. The highest BCUT2D eigenvalue weighted by atomic mass is 35.5. The number of sulfonamides is 1. The monoisotopic (exact) mass is 370 g/mol. The average molecular weight is 371 g/mol. The van der Waals surface area contributed by atoms with Crippen LogP contribution < -0.4 is 4.72 Å². The lowest BCUT2D eigenvalue weighted by atomic mass is 9.96. The molecule has 1 aliphatic carbocycles. The molecular formula is C18H27ClN2O2S. The highest BCUT2D eigenvalue weighted by Gasteiger charge is 2.27. The summed E-state index contributed by atoms with van der Waals surface area (Å²) >= 11 is 6.06. The number of nitrogens with zero attached hydrogens (tertiary/aromatic N) is 1. The van der Waals surface area contributed by atoms with E-state index in [0.29, 0.717) is 23.0 Å². The lowest BCUT2D eigenvalue weighted by Crippen LogP contribution is -2.42. The lowest BCUT2D eigenvalue weighted by molar-refractivity contribution is 0.135. The van der Waals surface area contributed by atoms with Gasteiger partial charge in [-0.2, -0.15) is 0 Å². The van der Waals surface area contributed by atoms with E-state index in [1.807, 2.05) is 12.1 Å². The van der Waals surface area contributed by atoms with Gasteiger partial charge in [0.25, 0.3) is 0 Å². The second-order valence-electron chi connectivity index (χ2n) is 7.12. The van der Waals surface area contributed by atoms with Crippen molar-refractivity contribution < 1.29 is 8.42 Å². The van der Waals surface area contributed by atoms with Crippen LogP contribution in [0, 0.1) is 5.92 Å². The SMILES string of the molecule is O=S(=O)(Cc1ccccc1Cl)NCC1CCN(C2CCCC2)CC1. The molecule has 1 saturated carbocycles. The average Bonchev–Trinajstić information content (AvgIpc) is 3.10. The number of benzene rings is 1. The molecule has 1 aromatic carbocycles. The molecule has 2 aliphatic rings. The highest BCUT2D eigenvalue weighted by molar-refractivity contribution is 7.88. The van der Waals surface area contributed by atoms with Gasteiger partial charge in [0.2, 0.25) is 10.0 Å². The molecule has 1 aliphatic heterocycles. The minimum Gasteiger partial charge on any atom is -0.300 e. The van der Waals surface area contributed by atoms with Crippen molar-refractivity contribution in [2.24, 2.45) is 5.92 Å². The van der Waals surface area contributed by atoms with E-state index in [0.717, 1.165) is 32.0 Å². The van der Waals surface area contributed by atoms with Crippen molar-refractivity contribution in [3.05, 3.63) is 34.9 Å². The van der Waals surface area contributed by atoms with E-state index in [2.05, 4.69) is 9.62 Å². The number of nitrogens with one attached hydrogen (secondary N) is 1. The van der Waals surface area contributed by atoms with Crippen LogP contribution in [0.5, 0.6) is 0 Å². The van der Waals surface area contributed by atoms with Gasteiger partial charge >= 0.3 is 0 Å². The van der Waals surface area contributed by atoms with E-state index in [1.165, 1.54) is 25.7 Å². The first-order valence-corrected chi connectivity index (χ1v) is 11.0. The van der Waals surface area contributed by atoms with E-state index < -0.39 is 10.0 Å². The minimum atomic E-state index is -3.33. The molecule has 0 atom stereocenters. The zero-order chi connectivity index (χ0) is 17.0. The number of hydrogen-bond acceptors (Lipinski definition) is 3. The van der Waals surface area contributed by atoms with Crippen molar-refractivity contribution in [3.8, 4) is 0 Å². The molecule has 1 heterocycles. The maximum atomic E-state index is 12.3. The van der Waals surface area contributed by atoms with Crippen LogP contribution in [-0.2, 0) is 15.8 Å². The Morgan fingerprint density at radius 1 is 1.08 bits per heavy atom. The molecule has 0 amide bonds. The van der Waals surface area contributed by atoms with Crippen LogP contribution >= 0.6 is 11.6 Å². The summed E-state index contributed by atoms with van der Waals surface area (Å²) in [6, 6.07) is 7.90. The normalized spacial score (nSPS) is 21.4. The van der Waals surface area contributed by atoms with Gasteiger partial charge in [0.1, 0.15) is 0 Å². The molecule has 4 nitrogen and oxygen atoms in total. The van der Waals surface area contributed by atoms with Crippen LogP contribution in [0.15, 0.2) is 24.3 Å². The largest absolute Gasteiger partial charge is 0.300 e. The molecule has 134 valence electrons. The van der Waals surface area contributed by atoms with Crippen molar-refractivity contribution in [1.82, 2.24) is 9.62 Å². The first-order chi connectivity index (χ1) is 11.5. The molecule has 0 bridgehead atoms. The van der Waals surface area contributed by atoms with Gasteiger partial charge in [-0.15, -0.1) is 0 Å². The van der Waals surface area contributed by atoms with Crippen LogP contribution in [0.4, 0.5) is 0 Å². The molecule has 0 unspecified atom stereocenters. The summed E-state index contributed by atoms with van der Waals surface area (Å²) in [5.41, 5.74) is 0.655. The van der Waals surface area contributed by atoms with Crippen LogP contribution in [0.3, 0.4) is 0 Å². The molecular weight excluding hydrogens is 344 g/mol. The molecule has 1 N–H and O–H groups in total. The van der Waals surface area contributed by atoms with Crippen molar-refractivity contribution in [3.63, 3.8) is 0 Å². The quantitative estimate of drug-likeness (QED) is 0.834. The Hall–Kier alpha value is -0.620. The number of halogens is 1. The van der Waals surface area contributed by atoms with Crippen LogP contribution in [0.2, 0.25) is 5.02 Å². The molecule has 0 aromatic heterocycles. The number of likely N-dealkylation sites (tertiary alicyclic amines) is 1. The first-order valence-electron chi connectivity index (χ1n) is 8.98. The molecule has 1 saturated heterocycles. The molecule has 2 fully saturated rings. The van der Waals surface area contributed by atoms with Gasteiger partial charge in [0.15, 0.2) is 0 Å². The van der Waals surface area contributed by atoms with E-state index in [1.54, 1.807) is 12.1 Å². The fraction of sp³-hybridized carbons (Fsp3) is 0.667. The third kappa shape index (κ3) is 4.94. The smallest absolute Gasteiger partial charge is 0.215 e. The number of rotatable bonds is 6. The third-order valence-electron chi connectivity index (χ3n) is 5.39. The summed E-state index contributed by atoms with van der Waals surface area (Å²) in [4.78, 5) is 2.61.